The summed E-state index contributed by atoms with van der Waals surface area (Å²) in [5, 5.41) is 8.95. The SMILES string of the molecule is CCCCNC(=O)Nc1ccc(N2CCCC2)c(C(=O)NC2CCCCC2)c1. The highest BCUT2D eigenvalue weighted by Crippen LogP contribution is 2.28. The Morgan fingerprint density at radius 2 is 1.82 bits per heavy atom. The molecule has 0 spiro atoms. The van der Waals surface area contributed by atoms with Crippen molar-refractivity contribution in [1.29, 1.82) is 0 Å². The summed E-state index contributed by atoms with van der Waals surface area (Å²) in [6.07, 6.45) is 10.1. The summed E-state index contributed by atoms with van der Waals surface area (Å²) in [5.41, 5.74) is 2.30. The lowest BCUT2D eigenvalue weighted by atomic mass is 9.95. The van der Waals surface area contributed by atoms with E-state index in [1.807, 2.05) is 18.2 Å². The van der Waals surface area contributed by atoms with E-state index in [2.05, 4.69) is 27.8 Å². The number of hydrogen-bond acceptors (Lipinski definition) is 3. The van der Waals surface area contributed by atoms with Crippen LogP contribution in [0.15, 0.2) is 18.2 Å². The van der Waals surface area contributed by atoms with Crippen LogP contribution in [0.5, 0.6) is 0 Å². The number of anilines is 2. The van der Waals surface area contributed by atoms with Crippen molar-refractivity contribution in [2.24, 2.45) is 0 Å². The second-order valence-corrected chi connectivity index (χ2v) is 7.97. The minimum absolute atomic E-state index is 0.0242. The van der Waals surface area contributed by atoms with Gasteiger partial charge in [0.15, 0.2) is 0 Å². The third-order valence-corrected chi connectivity index (χ3v) is 5.70. The van der Waals surface area contributed by atoms with Crippen molar-refractivity contribution in [1.82, 2.24) is 10.6 Å². The molecule has 2 aliphatic rings. The molecular formula is C22H34N4O2. The third kappa shape index (κ3) is 5.63. The lowest BCUT2D eigenvalue weighted by molar-refractivity contribution is 0.0928. The van der Waals surface area contributed by atoms with E-state index in [0.29, 0.717) is 17.8 Å². The summed E-state index contributed by atoms with van der Waals surface area (Å²) < 4.78 is 0. The maximum atomic E-state index is 13.1. The van der Waals surface area contributed by atoms with E-state index in [0.717, 1.165) is 57.3 Å². The van der Waals surface area contributed by atoms with Crippen LogP contribution in [0.1, 0.15) is 75.1 Å². The van der Waals surface area contributed by atoms with Gasteiger partial charge in [-0.3, -0.25) is 4.79 Å². The minimum atomic E-state index is -0.221. The van der Waals surface area contributed by atoms with Crippen LogP contribution >= 0.6 is 0 Å². The van der Waals surface area contributed by atoms with Gasteiger partial charge in [0.1, 0.15) is 0 Å². The quantitative estimate of drug-likeness (QED) is 0.613. The normalized spacial score (nSPS) is 17.4. The number of urea groups is 1. The van der Waals surface area contributed by atoms with Gasteiger partial charge in [-0.25, -0.2) is 4.79 Å². The molecule has 1 aliphatic carbocycles. The smallest absolute Gasteiger partial charge is 0.319 e. The molecule has 0 aromatic heterocycles. The van der Waals surface area contributed by atoms with E-state index in [4.69, 9.17) is 0 Å². The van der Waals surface area contributed by atoms with Crippen LogP contribution < -0.4 is 20.9 Å². The van der Waals surface area contributed by atoms with Crippen molar-refractivity contribution in [3.63, 3.8) is 0 Å². The number of nitrogens with zero attached hydrogens (tertiary/aromatic N) is 1. The summed E-state index contributed by atoms with van der Waals surface area (Å²) in [6.45, 7) is 4.71. The number of unbranched alkanes of at least 4 members (excludes halogenated alkanes) is 1. The van der Waals surface area contributed by atoms with Gasteiger partial charge >= 0.3 is 6.03 Å². The van der Waals surface area contributed by atoms with Crippen molar-refractivity contribution in [3.8, 4) is 0 Å². The molecule has 0 atom stereocenters. The van der Waals surface area contributed by atoms with Crippen molar-refractivity contribution >= 4 is 23.3 Å². The Balaban J connectivity index is 1.73. The highest BCUT2D eigenvalue weighted by atomic mass is 16.2. The van der Waals surface area contributed by atoms with Crippen molar-refractivity contribution in [3.05, 3.63) is 23.8 Å². The largest absolute Gasteiger partial charge is 0.371 e. The van der Waals surface area contributed by atoms with Crippen LogP contribution in [-0.4, -0.2) is 37.6 Å². The molecule has 154 valence electrons. The molecule has 6 nitrogen and oxygen atoms in total. The standard InChI is InChI=1S/C22H34N4O2/c1-2-3-13-23-22(28)25-18-11-12-20(26-14-7-8-15-26)19(16-18)21(27)24-17-9-5-4-6-10-17/h11-12,16-17H,2-10,13-15H2,1H3,(H,24,27)(H2,23,25,28). The van der Waals surface area contributed by atoms with Gasteiger partial charge in [0.05, 0.1) is 5.56 Å². The highest BCUT2D eigenvalue weighted by molar-refractivity contribution is 6.02. The molecule has 0 bridgehead atoms. The molecule has 1 aromatic rings. The molecule has 1 saturated carbocycles. The minimum Gasteiger partial charge on any atom is -0.371 e. The van der Waals surface area contributed by atoms with Crippen molar-refractivity contribution < 1.29 is 9.59 Å². The van der Waals surface area contributed by atoms with Gasteiger partial charge in [0.25, 0.3) is 5.91 Å². The van der Waals surface area contributed by atoms with E-state index in [9.17, 15) is 9.59 Å². The van der Waals surface area contributed by atoms with Crippen LogP contribution in [0.25, 0.3) is 0 Å². The van der Waals surface area contributed by atoms with Gasteiger partial charge in [-0.1, -0.05) is 32.6 Å². The van der Waals surface area contributed by atoms with Gasteiger partial charge in [-0.2, -0.15) is 0 Å². The van der Waals surface area contributed by atoms with Crippen LogP contribution in [-0.2, 0) is 0 Å². The summed E-state index contributed by atoms with van der Waals surface area (Å²) >= 11 is 0. The Morgan fingerprint density at radius 1 is 1.07 bits per heavy atom. The Kier molecular flexibility index (Phi) is 7.57. The summed E-state index contributed by atoms with van der Waals surface area (Å²) in [4.78, 5) is 27.4. The molecule has 2 fully saturated rings. The van der Waals surface area contributed by atoms with Crippen LogP contribution in [0.4, 0.5) is 16.2 Å². The molecule has 1 aromatic carbocycles. The van der Waals surface area contributed by atoms with Gasteiger partial charge in [-0.05, 0) is 50.3 Å². The zero-order valence-corrected chi connectivity index (χ0v) is 17.1. The predicted octanol–water partition coefficient (Wildman–Crippen LogP) is 4.27. The highest BCUT2D eigenvalue weighted by Gasteiger charge is 2.23. The summed E-state index contributed by atoms with van der Waals surface area (Å²) in [5.74, 6) is -0.0242. The van der Waals surface area contributed by atoms with E-state index in [1.165, 1.54) is 19.3 Å². The Labute approximate surface area is 168 Å². The van der Waals surface area contributed by atoms with Crippen LogP contribution in [0.3, 0.4) is 0 Å². The molecule has 0 radical (unpaired) electrons. The first kappa shape index (κ1) is 20.5. The van der Waals surface area contributed by atoms with Gasteiger partial charge in [-0.15, -0.1) is 0 Å². The zero-order valence-electron chi connectivity index (χ0n) is 17.1. The molecule has 1 heterocycles. The molecular weight excluding hydrogens is 352 g/mol. The lowest BCUT2D eigenvalue weighted by Gasteiger charge is -2.25. The molecule has 28 heavy (non-hydrogen) atoms. The Bertz CT molecular complexity index is 665. The number of hydrogen-bond donors (Lipinski definition) is 3. The Hall–Kier alpha value is -2.24. The number of nitrogens with one attached hydrogen (secondary N) is 3. The molecule has 3 rings (SSSR count). The first-order chi connectivity index (χ1) is 13.7. The first-order valence-electron chi connectivity index (χ1n) is 10.9. The number of carbonyl (C=O) groups is 2. The maximum Gasteiger partial charge on any atom is 0.319 e. The van der Waals surface area contributed by atoms with E-state index in [-0.39, 0.29) is 18.0 Å². The summed E-state index contributed by atoms with van der Waals surface area (Å²) in [7, 11) is 0. The zero-order chi connectivity index (χ0) is 19.8. The number of amides is 3. The molecule has 1 aliphatic heterocycles. The summed E-state index contributed by atoms with van der Waals surface area (Å²) in [6, 6.07) is 5.74. The molecule has 3 amide bonds. The average molecular weight is 387 g/mol. The first-order valence-corrected chi connectivity index (χ1v) is 10.9. The van der Waals surface area contributed by atoms with E-state index < -0.39 is 0 Å². The molecule has 3 N–H and O–H groups in total. The van der Waals surface area contributed by atoms with Crippen LogP contribution in [0.2, 0.25) is 0 Å². The van der Waals surface area contributed by atoms with Crippen molar-refractivity contribution in [2.45, 2.75) is 70.8 Å². The Morgan fingerprint density at radius 3 is 2.54 bits per heavy atom. The average Bonchev–Trinajstić information content (AvgIpc) is 3.23. The monoisotopic (exact) mass is 386 g/mol. The van der Waals surface area contributed by atoms with Crippen LogP contribution in [0, 0.1) is 0 Å². The van der Waals surface area contributed by atoms with E-state index >= 15 is 0 Å². The predicted molar refractivity (Wildman–Crippen MR) is 114 cm³/mol. The number of carbonyl (C=O) groups excluding carboxylic acids is 2. The van der Waals surface area contributed by atoms with E-state index in [1.54, 1.807) is 0 Å². The third-order valence-electron chi connectivity index (χ3n) is 5.70. The number of rotatable bonds is 7. The fourth-order valence-electron chi connectivity index (χ4n) is 4.09. The van der Waals surface area contributed by atoms with Gasteiger partial charge in [0, 0.05) is 37.1 Å². The maximum absolute atomic E-state index is 13.1. The molecule has 6 heteroatoms. The van der Waals surface area contributed by atoms with Gasteiger partial charge in [0.2, 0.25) is 0 Å². The second kappa shape index (κ2) is 10.3. The van der Waals surface area contributed by atoms with Gasteiger partial charge < -0.3 is 20.9 Å². The fraction of sp³-hybridized carbons (Fsp3) is 0.636. The lowest BCUT2D eigenvalue weighted by Crippen LogP contribution is -2.37. The molecule has 0 unspecified atom stereocenters. The topological polar surface area (TPSA) is 73.5 Å². The number of benzene rings is 1. The molecule has 1 saturated heterocycles. The fourth-order valence-corrected chi connectivity index (χ4v) is 4.09. The van der Waals surface area contributed by atoms with Crippen molar-refractivity contribution in [2.75, 3.05) is 29.9 Å². The second-order valence-electron chi connectivity index (χ2n) is 7.97.